The fraction of sp³-hybridized carbons (Fsp3) is 0.750. The highest BCUT2D eigenvalue weighted by molar-refractivity contribution is 7.11. The van der Waals surface area contributed by atoms with Gasteiger partial charge in [0.15, 0.2) is 0 Å². The molecular weight excluding hydrogens is 312 g/mol. The highest BCUT2D eigenvalue weighted by atomic mass is 32.1. The van der Waals surface area contributed by atoms with Gasteiger partial charge in [-0.25, -0.2) is 9.78 Å². The van der Waals surface area contributed by atoms with Crippen molar-refractivity contribution in [3.63, 3.8) is 0 Å². The smallest absolute Gasteiger partial charge is 0.317 e. The van der Waals surface area contributed by atoms with Gasteiger partial charge in [-0.05, 0) is 27.7 Å². The van der Waals surface area contributed by atoms with Gasteiger partial charge < -0.3 is 15.3 Å². The van der Waals surface area contributed by atoms with Gasteiger partial charge in [-0.15, -0.1) is 11.3 Å². The summed E-state index contributed by atoms with van der Waals surface area (Å²) in [5.74, 6) is 0. The number of urea groups is 1. The summed E-state index contributed by atoms with van der Waals surface area (Å²) in [6.07, 6.45) is 2.64. The third kappa shape index (κ3) is 5.75. The summed E-state index contributed by atoms with van der Waals surface area (Å²) in [4.78, 5) is 21.9. The number of hydrogen-bond donors (Lipinski definition) is 2. The molecule has 1 aliphatic heterocycles. The monoisotopic (exact) mass is 340 g/mol. The SMILES string of the molecule is Cc1cnc(CCNC(=O)N2CCN(CC(C)(C)O)CC2C)s1. The number of β-amino-alcohol motifs (C(OH)–C–C–N with tert-alkyl or cyclic N) is 1. The van der Waals surface area contributed by atoms with E-state index in [0.29, 0.717) is 19.6 Å². The molecule has 0 aromatic carbocycles. The second-order valence-electron chi connectivity index (χ2n) is 6.94. The standard InChI is InChI=1S/C16H28N4O2S/c1-12-10-19(11-16(3,4)22)7-8-20(12)15(21)17-6-5-14-18-9-13(2)23-14/h9,12,22H,5-8,10-11H2,1-4H3,(H,17,21). The number of thiazole rings is 1. The van der Waals surface area contributed by atoms with E-state index in [2.05, 4.69) is 22.1 Å². The number of carbonyl (C=O) groups is 1. The number of aromatic nitrogens is 1. The Morgan fingerprint density at radius 3 is 2.83 bits per heavy atom. The van der Waals surface area contributed by atoms with Gasteiger partial charge in [0.2, 0.25) is 0 Å². The molecule has 0 radical (unpaired) electrons. The molecule has 1 unspecified atom stereocenters. The number of nitrogens with zero attached hydrogens (tertiary/aromatic N) is 3. The maximum absolute atomic E-state index is 12.3. The summed E-state index contributed by atoms with van der Waals surface area (Å²) in [7, 11) is 0. The molecule has 130 valence electrons. The lowest BCUT2D eigenvalue weighted by Crippen LogP contribution is -2.58. The fourth-order valence-corrected chi connectivity index (χ4v) is 3.71. The first-order valence-electron chi connectivity index (χ1n) is 8.15. The molecule has 0 saturated carbocycles. The van der Waals surface area contributed by atoms with Crippen LogP contribution in [0.5, 0.6) is 0 Å². The molecule has 7 heteroatoms. The Morgan fingerprint density at radius 1 is 1.52 bits per heavy atom. The minimum Gasteiger partial charge on any atom is -0.389 e. The number of rotatable bonds is 5. The van der Waals surface area contributed by atoms with E-state index < -0.39 is 5.60 Å². The summed E-state index contributed by atoms with van der Waals surface area (Å²) >= 11 is 1.67. The van der Waals surface area contributed by atoms with Crippen LogP contribution >= 0.6 is 11.3 Å². The average molecular weight is 340 g/mol. The van der Waals surface area contributed by atoms with E-state index in [1.165, 1.54) is 4.88 Å². The van der Waals surface area contributed by atoms with Gasteiger partial charge >= 0.3 is 6.03 Å². The molecule has 2 rings (SSSR count). The summed E-state index contributed by atoms with van der Waals surface area (Å²) < 4.78 is 0. The zero-order valence-electron chi connectivity index (χ0n) is 14.5. The third-order valence-electron chi connectivity index (χ3n) is 3.87. The minimum atomic E-state index is -0.698. The van der Waals surface area contributed by atoms with Crippen molar-refractivity contribution >= 4 is 17.4 Å². The van der Waals surface area contributed by atoms with E-state index in [0.717, 1.165) is 24.5 Å². The van der Waals surface area contributed by atoms with Crippen molar-refractivity contribution in [3.05, 3.63) is 16.1 Å². The predicted octanol–water partition coefficient (Wildman–Crippen LogP) is 1.48. The molecule has 23 heavy (non-hydrogen) atoms. The van der Waals surface area contributed by atoms with Crippen molar-refractivity contribution in [3.8, 4) is 0 Å². The van der Waals surface area contributed by atoms with Gasteiger partial charge in [0.25, 0.3) is 0 Å². The summed E-state index contributed by atoms with van der Waals surface area (Å²) in [6.45, 7) is 11.3. The molecule has 1 aromatic heterocycles. The second-order valence-corrected chi connectivity index (χ2v) is 8.26. The first kappa shape index (κ1) is 18.2. The predicted molar refractivity (Wildman–Crippen MR) is 92.9 cm³/mol. The van der Waals surface area contributed by atoms with Crippen LogP contribution in [0.25, 0.3) is 0 Å². The topological polar surface area (TPSA) is 68.7 Å². The zero-order valence-corrected chi connectivity index (χ0v) is 15.3. The van der Waals surface area contributed by atoms with Crippen molar-refractivity contribution in [2.24, 2.45) is 0 Å². The van der Waals surface area contributed by atoms with E-state index in [-0.39, 0.29) is 12.1 Å². The van der Waals surface area contributed by atoms with E-state index in [1.54, 1.807) is 11.3 Å². The lowest BCUT2D eigenvalue weighted by atomic mass is 10.1. The number of piperazine rings is 1. The first-order chi connectivity index (χ1) is 10.7. The van der Waals surface area contributed by atoms with Gasteiger partial charge in [-0.1, -0.05) is 0 Å². The zero-order chi connectivity index (χ0) is 17.0. The Hall–Kier alpha value is -1.18. The van der Waals surface area contributed by atoms with E-state index in [4.69, 9.17) is 0 Å². The van der Waals surface area contributed by atoms with E-state index in [9.17, 15) is 9.90 Å². The molecule has 1 fully saturated rings. The third-order valence-corrected chi connectivity index (χ3v) is 4.84. The largest absolute Gasteiger partial charge is 0.389 e. The Kier molecular flexibility index (Phi) is 6.00. The maximum atomic E-state index is 12.3. The van der Waals surface area contributed by atoms with Crippen LogP contribution in [-0.4, -0.2) is 70.3 Å². The van der Waals surface area contributed by atoms with Crippen LogP contribution in [0.2, 0.25) is 0 Å². The van der Waals surface area contributed by atoms with Gasteiger partial charge in [0.1, 0.15) is 0 Å². The Bertz CT molecular complexity index is 526. The summed E-state index contributed by atoms with van der Waals surface area (Å²) in [5.41, 5.74) is -0.698. The Morgan fingerprint density at radius 2 is 2.26 bits per heavy atom. The Labute approximate surface area is 142 Å². The lowest BCUT2D eigenvalue weighted by molar-refractivity contribution is 0.0119. The van der Waals surface area contributed by atoms with Crippen molar-refractivity contribution in [2.45, 2.75) is 45.8 Å². The number of nitrogens with one attached hydrogen (secondary N) is 1. The van der Waals surface area contributed by atoms with Gasteiger partial charge in [-0.2, -0.15) is 0 Å². The van der Waals surface area contributed by atoms with Gasteiger partial charge in [0, 0.05) is 56.3 Å². The highest BCUT2D eigenvalue weighted by Gasteiger charge is 2.29. The molecule has 2 amide bonds. The van der Waals surface area contributed by atoms with Crippen LogP contribution in [0.3, 0.4) is 0 Å². The molecule has 0 spiro atoms. The molecule has 2 N–H and O–H groups in total. The molecule has 0 bridgehead atoms. The van der Waals surface area contributed by atoms with Gasteiger partial charge in [0.05, 0.1) is 10.6 Å². The molecular formula is C16H28N4O2S. The molecule has 2 heterocycles. The lowest BCUT2D eigenvalue weighted by Gasteiger charge is -2.41. The van der Waals surface area contributed by atoms with Crippen LogP contribution in [0.1, 0.15) is 30.7 Å². The van der Waals surface area contributed by atoms with Crippen LogP contribution < -0.4 is 5.32 Å². The average Bonchev–Trinajstić information content (AvgIpc) is 2.82. The summed E-state index contributed by atoms with van der Waals surface area (Å²) in [5, 5.41) is 14.0. The van der Waals surface area contributed by atoms with Crippen molar-refractivity contribution in [1.29, 1.82) is 0 Å². The molecule has 1 atom stereocenters. The molecule has 6 nitrogen and oxygen atoms in total. The summed E-state index contributed by atoms with van der Waals surface area (Å²) in [6, 6.07) is 0.141. The number of aliphatic hydroxyl groups is 1. The molecule has 1 saturated heterocycles. The van der Waals surface area contributed by atoms with Crippen molar-refractivity contribution < 1.29 is 9.90 Å². The number of aryl methyl sites for hydroxylation is 1. The maximum Gasteiger partial charge on any atom is 0.317 e. The molecule has 1 aromatic rings. The first-order valence-corrected chi connectivity index (χ1v) is 8.97. The van der Waals surface area contributed by atoms with Crippen LogP contribution in [0.4, 0.5) is 4.79 Å². The quantitative estimate of drug-likeness (QED) is 0.852. The second kappa shape index (κ2) is 7.59. The van der Waals surface area contributed by atoms with Crippen LogP contribution in [0, 0.1) is 6.92 Å². The van der Waals surface area contributed by atoms with Gasteiger partial charge in [-0.3, -0.25) is 4.90 Å². The molecule has 0 aliphatic carbocycles. The van der Waals surface area contributed by atoms with Crippen molar-refractivity contribution in [2.75, 3.05) is 32.7 Å². The van der Waals surface area contributed by atoms with E-state index >= 15 is 0 Å². The molecule has 1 aliphatic rings. The highest BCUT2D eigenvalue weighted by Crippen LogP contribution is 2.14. The van der Waals surface area contributed by atoms with Crippen LogP contribution in [-0.2, 0) is 6.42 Å². The Balaban J connectivity index is 1.75. The normalized spacial score (nSPS) is 19.9. The van der Waals surface area contributed by atoms with Crippen molar-refractivity contribution in [1.82, 2.24) is 20.1 Å². The number of hydrogen-bond acceptors (Lipinski definition) is 5. The fourth-order valence-electron chi connectivity index (χ4n) is 2.92. The minimum absolute atomic E-state index is 0.00585. The number of amides is 2. The van der Waals surface area contributed by atoms with E-state index in [1.807, 2.05) is 31.9 Å². The van der Waals surface area contributed by atoms with Crippen LogP contribution in [0.15, 0.2) is 6.20 Å². The number of carbonyl (C=O) groups excluding carboxylic acids is 1.